The predicted molar refractivity (Wildman–Crippen MR) is 72.9 cm³/mol. The van der Waals surface area contributed by atoms with Gasteiger partial charge in [0, 0.05) is 6.54 Å². The molecule has 0 aliphatic rings. The molecule has 110 valence electrons. The summed E-state index contributed by atoms with van der Waals surface area (Å²) in [7, 11) is 0. The zero-order valence-electron chi connectivity index (χ0n) is 10.7. The van der Waals surface area contributed by atoms with Crippen molar-refractivity contribution in [1.82, 2.24) is 9.97 Å². The Labute approximate surface area is 118 Å². The van der Waals surface area contributed by atoms with Crippen molar-refractivity contribution in [2.45, 2.75) is 6.10 Å². The maximum absolute atomic E-state index is 12.8. The average molecular weight is 293 g/mol. The molecule has 1 aromatic heterocycles. The number of aliphatic hydroxyl groups excluding tert-OH is 1. The third-order valence-corrected chi connectivity index (χ3v) is 2.70. The van der Waals surface area contributed by atoms with E-state index in [1.165, 1.54) is 24.3 Å². The van der Waals surface area contributed by atoms with E-state index in [0.717, 1.165) is 6.20 Å². The summed E-state index contributed by atoms with van der Waals surface area (Å²) < 4.78 is 12.8. The normalized spacial score (nSPS) is 11.9. The van der Waals surface area contributed by atoms with E-state index >= 15 is 0 Å². The van der Waals surface area contributed by atoms with Crippen molar-refractivity contribution in [3.63, 3.8) is 0 Å². The summed E-state index contributed by atoms with van der Waals surface area (Å²) in [6.45, 7) is 0.0445. The summed E-state index contributed by atoms with van der Waals surface area (Å²) in [5, 5.41) is 23.2. The third-order valence-electron chi connectivity index (χ3n) is 2.70. The van der Waals surface area contributed by atoms with Gasteiger partial charge in [-0.05, 0) is 17.7 Å². The maximum Gasteiger partial charge on any atom is 0.329 e. The van der Waals surface area contributed by atoms with Gasteiger partial charge >= 0.3 is 5.69 Å². The molecule has 0 spiro atoms. The molecule has 0 aliphatic carbocycles. The number of rotatable bonds is 5. The van der Waals surface area contributed by atoms with Crippen LogP contribution in [0.1, 0.15) is 11.7 Å². The minimum Gasteiger partial charge on any atom is -0.387 e. The Morgan fingerprint density at radius 2 is 2.10 bits per heavy atom. The second kappa shape index (κ2) is 6.09. The van der Waals surface area contributed by atoms with Crippen molar-refractivity contribution in [3.8, 4) is 0 Å². The van der Waals surface area contributed by atoms with Crippen molar-refractivity contribution in [2.75, 3.05) is 17.6 Å². The first-order valence-electron chi connectivity index (χ1n) is 5.91. The number of nitrogens with two attached hydrogens (primary N) is 1. The molecule has 0 saturated heterocycles. The second-order valence-corrected chi connectivity index (χ2v) is 4.17. The first-order valence-corrected chi connectivity index (χ1v) is 5.91. The Kier molecular flexibility index (Phi) is 4.24. The van der Waals surface area contributed by atoms with Crippen LogP contribution in [-0.2, 0) is 0 Å². The Bertz CT molecular complexity index is 650. The largest absolute Gasteiger partial charge is 0.387 e. The second-order valence-electron chi connectivity index (χ2n) is 4.17. The molecule has 0 amide bonds. The van der Waals surface area contributed by atoms with Crippen LogP contribution in [0.2, 0.25) is 0 Å². The fourth-order valence-corrected chi connectivity index (χ4v) is 1.61. The van der Waals surface area contributed by atoms with Gasteiger partial charge in [-0.25, -0.2) is 9.37 Å². The first-order chi connectivity index (χ1) is 9.97. The van der Waals surface area contributed by atoms with Gasteiger partial charge in [0.1, 0.15) is 12.0 Å². The minimum absolute atomic E-state index is 0.0445. The third kappa shape index (κ3) is 3.60. The molecule has 4 N–H and O–H groups in total. The Hall–Kier alpha value is -2.81. The number of nitrogens with one attached hydrogen (secondary N) is 1. The Morgan fingerprint density at radius 1 is 1.43 bits per heavy atom. The van der Waals surface area contributed by atoms with Gasteiger partial charge in [-0.2, -0.15) is 4.98 Å². The lowest BCUT2D eigenvalue weighted by molar-refractivity contribution is -0.384. The molecular weight excluding hydrogens is 281 g/mol. The van der Waals surface area contributed by atoms with Gasteiger partial charge < -0.3 is 16.2 Å². The highest BCUT2D eigenvalue weighted by Crippen LogP contribution is 2.19. The SMILES string of the molecule is Nc1nc(NCC(O)c2ccc(F)cc2)ncc1[N+](=O)[O-]. The molecule has 0 radical (unpaired) electrons. The van der Waals surface area contributed by atoms with E-state index in [4.69, 9.17) is 5.73 Å². The molecular formula is C12H12FN5O3. The number of aliphatic hydroxyl groups is 1. The highest BCUT2D eigenvalue weighted by molar-refractivity contribution is 5.53. The summed E-state index contributed by atoms with van der Waals surface area (Å²) in [4.78, 5) is 17.3. The predicted octanol–water partition coefficient (Wildman–Crippen LogP) is 1.25. The Balaban J connectivity index is 2.01. The molecule has 2 rings (SSSR count). The van der Waals surface area contributed by atoms with Crippen molar-refractivity contribution in [1.29, 1.82) is 0 Å². The van der Waals surface area contributed by atoms with Crippen molar-refractivity contribution in [2.24, 2.45) is 0 Å². The van der Waals surface area contributed by atoms with Crippen LogP contribution in [0.15, 0.2) is 30.5 Å². The van der Waals surface area contributed by atoms with E-state index in [9.17, 15) is 19.6 Å². The van der Waals surface area contributed by atoms with Crippen LogP contribution in [0.4, 0.5) is 21.8 Å². The van der Waals surface area contributed by atoms with E-state index in [-0.39, 0.29) is 24.0 Å². The molecule has 8 nitrogen and oxygen atoms in total. The van der Waals surface area contributed by atoms with Gasteiger partial charge in [-0.15, -0.1) is 0 Å². The highest BCUT2D eigenvalue weighted by Gasteiger charge is 2.15. The number of hydrogen-bond donors (Lipinski definition) is 3. The van der Waals surface area contributed by atoms with E-state index in [1.54, 1.807) is 0 Å². The first kappa shape index (κ1) is 14.6. The van der Waals surface area contributed by atoms with Gasteiger partial charge in [-0.1, -0.05) is 12.1 Å². The Morgan fingerprint density at radius 3 is 2.67 bits per heavy atom. The lowest BCUT2D eigenvalue weighted by Crippen LogP contribution is -2.14. The molecule has 1 atom stereocenters. The van der Waals surface area contributed by atoms with Crippen LogP contribution >= 0.6 is 0 Å². The summed E-state index contributed by atoms with van der Waals surface area (Å²) in [6, 6.07) is 5.37. The van der Waals surface area contributed by atoms with Gasteiger partial charge in [0.2, 0.25) is 11.8 Å². The van der Waals surface area contributed by atoms with Gasteiger partial charge in [0.15, 0.2) is 0 Å². The standard InChI is InChI=1S/C12H12FN5O3/c13-8-3-1-7(2-4-8)10(19)6-16-12-15-5-9(18(20)21)11(14)17-12/h1-5,10,19H,6H2,(H3,14,15,16,17). The van der Waals surface area contributed by atoms with Crippen LogP contribution in [0, 0.1) is 15.9 Å². The number of nitrogen functional groups attached to an aromatic ring is 1. The molecule has 0 bridgehead atoms. The summed E-state index contributed by atoms with van der Waals surface area (Å²) in [5.41, 5.74) is 5.54. The number of aromatic nitrogens is 2. The minimum atomic E-state index is -0.911. The molecule has 2 aromatic rings. The van der Waals surface area contributed by atoms with E-state index in [0.29, 0.717) is 5.56 Å². The fourth-order valence-electron chi connectivity index (χ4n) is 1.61. The topological polar surface area (TPSA) is 127 Å². The molecule has 1 heterocycles. The van der Waals surface area contributed by atoms with Crippen LogP contribution in [0.3, 0.4) is 0 Å². The average Bonchev–Trinajstić information content (AvgIpc) is 2.45. The van der Waals surface area contributed by atoms with E-state index in [2.05, 4.69) is 15.3 Å². The zero-order chi connectivity index (χ0) is 15.4. The quantitative estimate of drug-likeness (QED) is 0.559. The van der Waals surface area contributed by atoms with Crippen LogP contribution in [-0.4, -0.2) is 26.5 Å². The number of anilines is 2. The molecule has 21 heavy (non-hydrogen) atoms. The lowest BCUT2D eigenvalue weighted by Gasteiger charge is -2.12. The van der Waals surface area contributed by atoms with Crippen molar-refractivity contribution in [3.05, 3.63) is 52.0 Å². The number of nitro groups is 1. The molecule has 1 aromatic carbocycles. The van der Waals surface area contributed by atoms with Gasteiger partial charge in [0.05, 0.1) is 11.0 Å². The lowest BCUT2D eigenvalue weighted by atomic mass is 10.1. The number of benzene rings is 1. The molecule has 9 heteroatoms. The van der Waals surface area contributed by atoms with Gasteiger partial charge in [0.25, 0.3) is 0 Å². The van der Waals surface area contributed by atoms with E-state index < -0.39 is 16.8 Å². The number of nitrogens with zero attached hydrogens (tertiary/aromatic N) is 3. The van der Waals surface area contributed by atoms with Crippen LogP contribution < -0.4 is 11.1 Å². The van der Waals surface area contributed by atoms with Crippen LogP contribution in [0.5, 0.6) is 0 Å². The number of hydrogen-bond acceptors (Lipinski definition) is 7. The summed E-state index contributed by atoms with van der Waals surface area (Å²) in [6.07, 6.45) is 0.0696. The number of halogens is 1. The molecule has 0 fully saturated rings. The van der Waals surface area contributed by atoms with Crippen molar-refractivity contribution >= 4 is 17.5 Å². The van der Waals surface area contributed by atoms with Gasteiger partial charge in [-0.3, -0.25) is 10.1 Å². The van der Waals surface area contributed by atoms with Crippen LogP contribution in [0.25, 0.3) is 0 Å². The highest BCUT2D eigenvalue weighted by atomic mass is 19.1. The maximum atomic E-state index is 12.8. The zero-order valence-corrected chi connectivity index (χ0v) is 10.7. The molecule has 0 aliphatic heterocycles. The molecule has 1 unspecified atom stereocenters. The van der Waals surface area contributed by atoms with Crippen molar-refractivity contribution < 1.29 is 14.4 Å². The fraction of sp³-hybridized carbons (Fsp3) is 0.167. The molecule has 0 saturated carbocycles. The monoisotopic (exact) mass is 293 g/mol. The smallest absolute Gasteiger partial charge is 0.329 e. The summed E-state index contributed by atoms with van der Waals surface area (Å²) >= 11 is 0. The summed E-state index contributed by atoms with van der Waals surface area (Å²) in [5.74, 6) is -0.613. The van der Waals surface area contributed by atoms with E-state index in [1.807, 2.05) is 0 Å².